The Morgan fingerprint density at radius 2 is 0.800 bits per heavy atom. The molecule has 0 fully saturated rings. The highest BCUT2D eigenvalue weighted by Gasteiger charge is 2.21. The molecule has 254 valence electrons. The fourth-order valence-electron chi connectivity index (χ4n) is 8.82. The van der Waals surface area contributed by atoms with Crippen LogP contribution in [0.5, 0.6) is 0 Å². The lowest BCUT2D eigenvalue weighted by atomic mass is 9.97. The van der Waals surface area contributed by atoms with Crippen LogP contribution in [0.25, 0.3) is 93.6 Å². The van der Waals surface area contributed by atoms with Gasteiger partial charge in [0, 0.05) is 54.8 Å². The zero-order valence-corrected chi connectivity index (χ0v) is 29.5. The molecule has 0 bridgehead atoms. The molecule has 11 rings (SSSR count). The molecule has 0 spiro atoms. The SMILES string of the molecule is N#Cc1ccc(-n2c3ccccc3c3ccc(-n4c5ccccc5c5ccccc54)cc32)cc1-c1ccccc1-n1c2ccccc2c2cccc(C#N)c21. The Morgan fingerprint density at radius 3 is 1.44 bits per heavy atom. The quantitative estimate of drug-likeness (QED) is 0.184. The van der Waals surface area contributed by atoms with Gasteiger partial charge in [-0.05, 0) is 66.7 Å². The van der Waals surface area contributed by atoms with E-state index in [1.807, 2.05) is 42.5 Å². The molecule has 0 aliphatic rings. The van der Waals surface area contributed by atoms with Gasteiger partial charge in [0.25, 0.3) is 0 Å². The van der Waals surface area contributed by atoms with E-state index in [9.17, 15) is 10.5 Å². The van der Waals surface area contributed by atoms with Gasteiger partial charge in [-0.3, -0.25) is 0 Å². The van der Waals surface area contributed by atoms with Crippen molar-refractivity contribution in [2.24, 2.45) is 0 Å². The van der Waals surface area contributed by atoms with Crippen LogP contribution in [0.3, 0.4) is 0 Å². The molecular weight excluding hydrogens is 671 g/mol. The third-order valence-electron chi connectivity index (χ3n) is 11.1. The molecule has 0 saturated carbocycles. The first-order valence-corrected chi connectivity index (χ1v) is 18.3. The van der Waals surface area contributed by atoms with Crippen LogP contribution in [-0.4, -0.2) is 13.7 Å². The summed E-state index contributed by atoms with van der Waals surface area (Å²) in [7, 11) is 0. The van der Waals surface area contributed by atoms with Crippen LogP contribution in [0.4, 0.5) is 0 Å². The van der Waals surface area contributed by atoms with Crippen LogP contribution in [-0.2, 0) is 0 Å². The van der Waals surface area contributed by atoms with Crippen molar-refractivity contribution >= 4 is 65.4 Å². The Balaban J connectivity index is 1.18. The fourth-order valence-corrected chi connectivity index (χ4v) is 8.82. The third-order valence-corrected chi connectivity index (χ3v) is 11.1. The lowest BCUT2D eigenvalue weighted by Gasteiger charge is -2.17. The first-order valence-electron chi connectivity index (χ1n) is 18.3. The van der Waals surface area contributed by atoms with Crippen LogP contribution in [0, 0.1) is 22.7 Å². The average molecular weight is 700 g/mol. The van der Waals surface area contributed by atoms with Crippen molar-refractivity contribution < 1.29 is 0 Å². The Kier molecular flexibility index (Phi) is 6.61. The highest BCUT2D eigenvalue weighted by molar-refractivity contribution is 6.13. The molecule has 0 N–H and O–H groups in total. The first kappa shape index (κ1) is 30.7. The predicted molar refractivity (Wildman–Crippen MR) is 224 cm³/mol. The summed E-state index contributed by atoms with van der Waals surface area (Å²) in [5.41, 5.74) is 12.2. The summed E-state index contributed by atoms with van der Waals surface area (Å²) < 4.78 is 6.86. The van der Waals surface area contributed by atoms with Crippen molar-refractivity contribution in [1.29, 1.82) is 10.5 Å². The number of nitriles is 2. The largest absolute Gasteiger partial charge is 0.309 e. The molecule has 0 amide bonds. The minimum atomic E-state index is 0.573. The van der Waals surface area contributed by atoms with E-state index in [2.05, 4.69) is 159 Å². The summed E-state index contributed by atoms with van der Waals surface area (Å²) in [6.45, 7) is 0. The minimum Gasteiger partial charge on any atom is -0.309 e. The van der Waals surface area contributed by atoms with Crippen molar-refractivity contribution in [3.8, 4) is 40.3 Å². The molecule has 3 aromatic heterocycles. The lowest BCUT2D eigenvalue weighted by molar-refractivity contribution is 1.15. The topological polar surface area (TPSA) is 62.4 Å². The lowest BCUT2D eigenvalue weighted by Crippen LogP contribution is -2.01. The van der Waals surface area contributed by atoms with Crippen LogP contribution in [0.2, 0.25) is 0 Å². The normalized spacial score (nSPS) is 11.6. The maximum atomic E-state index is 10.6. The molecule has 3 heterocycles. The first-order chi connectivity index (χ1) is 27.2. The maximum Gasteiger partial charge on any atom is 0.101 e. The highest BCUT2D eigenvalue weighted by atomic mass is 15.0. The van der Waals surface area contributed by atoms with Crippen LogP contribution >= 0.6 is 0 Å². The van der Waals surface area contributed by atoms with Crippen molar-refractivity contribution in [1.82, 2.24) is 13.7 Å². The van der Waals surface area contributed by atoms with Gasteiger partial charge in [-0.15, -0.1) is 0 Å². The van der Waals surface area contributed by atoms with Crippen molar-refractivity contribution in [3.63, 3.8) is 0 Å². The van der Waals surface area contributed by atoms with E-state index < -0.39 is 0 Å². The second-order valence-electron chi connectivity index (χ2n) is 13.9. The van der Waals surface area contributed by atoms with E-state index in [4.69, 9.17) is 0 Å². The molecule has 0 radical (unpaired) electrons. The zero-order chi connectivity index (χ0) is 36.6. The highest BCUT2D eigenvalue weighted by Crippen LogP contribution is 2.41. The standard InChI is InChI=1S/C50H29N5/c51-30-32-24-25-34(28-43(32)40-17-5-10-23-48(40)55-47-22-9-4-16-39(47)42-18-11-12-33(31-52)50(42)55)54-46-21-8-3-15-38(46)41-27-26-35(29-49(41)54)53-44-19-6-1-13-36(44)37-14-2-7-20-45(37)53/h1-29H. The molecule has 5 heteroatoms. The van der Waals surface area contributed by atoms with Gasteiger partial charge in [0.15, 0.2) is 0 Å². The molecular formula is C50H29N5. The number of aromatic nitrogens is 3. The Labute approximate surface area is 316 Å². The number of fused-ring (bicyclic) bond motifs is 9. The van der Waals surface area contributed by atoms with Crippen LogP contribution < -0.4 is 0 Å². The maximum absolute atomic E-state index is 10.6. The van der Waals surface area contributed by atoms with E-state index in [-0.39, 0.29) is 0 Å². The van der Waals surface area contributed by atoms with Gasteiger partial charge in [-0.2, -0.15) is 10.5 Å². The molecule has 0 atom stereocenters. The Morgan fingerprint density at radius 1 is 0.327 bits per heavy atom. The van der Waals surface area contributed by atoms with Gasteiger partial charge in [-0.1, -0.05) is 109 Å². The average Bonchev–Trinajstić information content (AvgIpc) is 3.89. The summed E-state index contributed by atoms with van der Waals surface area (Å²) in [4.78, 5) is 0. The van der Waals surface area contributed by atoms with E-state index in [1.165, 1.54) is 10.8 Å². The van der Waals surface area contributed by atoms with Gasteiger partial charge < -0.3 is 13.7 Å². The van der Waals surface area contributed by atoms with Gasteiger partial charge in [-0.25, -0.2) is 0 Å². The predicted octanol–water partition coefficient (Wildman–Crippen LogP) is 12.4. The molecule has 0 unspecified atom stereocenters. The Bertz CT molecular complexity index is 3420. The molecule has 11 aromatic rings. The molecule has 0 aliphatic heterocycles. The van der Waals surface area contributed by atoms with Crippen LogP contribution in [0.15, 0.2) is 176 Å². The van der Waals surface area contributed by atoms with E-state index in [0.29, 0.717) is 11.1 Å². The van der Waals surface area contributed by atoms with Crippen LogP contribution in [0.1, 0.15) is 11.1 Å². The molecule has 8 aromatic carbocycles. The number of nitrogens with zero attached hydrogens (tertiary/aromatic N) is 5. The van der Waals surface area contributed by atoms with E-state index in [0.717, 1.165) is 82.8 Å². The van der Waals surface area contributed by atoms with E-state index in [1.54, 1.807) is 0 Å². The molecule has 0 saturated heterocycles. The van der Waals surface area contributed by atoms with Crippen molar-refractivity contribution in [2.75, 3.05) is 0 Å². The number of rotatable bonds is 4. The fraction of sp³-hybridized carbons (Fsp3) is 0. The molecule has 5 nitrogen and oxygen atoms in total. The summed E-state index contributed by atoms with van der Waals surface area (Å²) in [6, 6.07) is 65.9. The summed E-state index contributed by atoms with van der Waals surface area (Å²) >= 11 is 0. The minimum absolute atomic E-state index is 0.573. The number of para-hydroxylation sites is 6. The van der Waals surface area contributed by atoms with Gasteiger partial charge in [0.2, 0.25) is 0 Å². The van der Waals surface area contributed by atoms with Crippen molar-refractivity contribution in [2.45, 2.75) is 0 Å². The summed E-state index contributed by atoms with van der Waals surface area (Å²) in [6.07, 6.45) is 0. The molecule has 0 aliphatic carbocycles. The van der Waals surface area contributed by atoms with Gasteiger partial charge in [0.05, 0.1) is 56.0 Å². The number of hydrogen-bond acceptors (Lipinski definition) is 2. The third kappa shape index (κ3) is 4.39. The number of benzene rings is 8. The monoisotopic (exact) mass is 699 g/mol. The Hall–Kier alpha value is -7.86. The second kappa shape index (κ2) is 11.8. The summed E-state index contributed by atoms with van der Waals surface area (Å²) in [5, 5.41) is 27.7. The molecule has 55 heavy (non-hydrogen) atoms. The van der Waals surface area contributed by atoms with Gasteiger partial charge >= 0.3 is 0 Å². The van der Waals surface area contributed by atoms with Gasteiger partial charge in [0.1, 0.15) is 6.07 Å². The second-order valence-corrected chi connectivity index (χ2v) is 13.9. The zero-order valence-electron chi connectivity index (χ0n) is 29.5. The van der Waals surface area contributed by atoms with Crippen molar-refractivity contribution in [3.05, 3.63) is 187 Å². The smallest absolute Gasteiger partial charge is 0.101 e. The summed E-state index contributed by atoms with van der Waals surface area (Å²) in [5.74, 6) is 0. The van der Waals surface area contributed by atoms with E-state index >= 15 is 0 Å². The number of hydrogen-bond donors (Lipinski definition) is 0.